The second-order valence-corrected chi connectivity index (χ2v) is 8.41. The van der Waals surface area contributed by atoms with Gasteiger partial charge in [0.2, 0.25) is 0 Å². The van der Waals surface area contributed by atoms with Crippen molar-refractivity contribution in [1.82, 2.24) is 0 Å². The van der Waals surface area contributed by atoms with Gasteiger partial charge in [0.05, 0.1) is 23.8 Å². The Morgan fingerprint density at radius 2 is 2.27 bits per heavy atom. The second-order valence-electron chi connectivity index (χ2n) is 3.93. The average Bonchev–Trinajstić information content (AvgIpc) is 2.32. The minimum Gasteiger partial charge on any atom is -0.0616 e. The first-order chi connectivity index (χ1) is 5.11. The topological polar surface area (TPSA) is 0 Å². The zero-order valence-electron chi connectivity index (χ0n) is 8.06. The average molecular weight is 171 g/mol. The van der Waals surface area contributed by atoms with Crippen LogP contribution in [0.4, 0.5) is 0 Å². The highest BCUT2D eigenvalue weighted by Crippen LogP contribution is 2.71. The summed E-state index contributed by atoms with van der Waals surface area (Å²) in [6.45, 7) is 11.2. The van der Waals surface area contributed by atoms with Crippen molar-refractivity contribution >= 4 is 7.26 Å². The van der Waals surface area contributed by atoms with Crippen LogP contribution in [0.3, 0.4) is 0 Å². The van der Waals surface area contributed by atoms with E-state index in [1.165, 1.54) is 30.7 Å². The van der Waals surface area contributed by atoms with Crippen molar-refractivity contribution in [3.63, 3.8) is 0 Å². The van der Waals surface area contributed by atoms with Crippen LogP contribution in [0.1, 0.15) is 33.1 Å². The Balaban J connectivity index is 2.75. The first-order valence-corrected chi connectivity index (χ1v) is 7.11. The van der Waals surface area contributed by atoms with Crippen molar-refractivity contribution in [3.05, 3.63) is 11.9 Å². The Labute approximate surface area is 71.4 Å². The maximum atomic E-state index is 4.16. The highest BCUT2D eigenvalue weighted by molar-refractivity contribution is 7.79. The first kappa shape index (κ1) is 9.26. The van der Waals surface area contributed by atoms with Gasteiger partial charge in [0.15, 0.2) is 0 Å². The molecule has 0 radical (unpaired) electrons. The van der Waals surface area contributed by atoms with E-state index in [-0.39, 0.29) is 0 Å². The summed E-state index contributed by atoms with van der Waals surface area (Å²) >= 11 is 0. The number of hydrogen-bond acceptors (Lipinski definition) is 0. The van der Waals surface area contributed by atoms with Gasteiger partial charge in [-0.05, 0) is 26.2 Å². The van der Waals surface area contributed by atoms with Crippen molar-refractivity contribution in [3.8, 4) is 0 Å². The third kappa shape index (κ3) is 1.51. The van der Waals surface area contributed by atoms with Gasteiger partial charge in [0.1, 0.15) is 0 Å². The van der Waals surface area contributed by atoms with Gasteiger partial charge >= 0.3 is 0 Å². The molecule has 1 aliphatic heterocycles. The van der Waals surface area contributed by atoms with Crippen LogP contribution >= 0.6 is 7.26 Å². The van der Waals surface area contributed by atoms with Crippen molar-refractivity contribution in [1.29, 1.82) is 0 Å². The summed E-state index contributed by atoms with van der Waals surface area (Å²) in [5.74, 6) is 0. The third-order valence-electron chi connectivity index (χ3n) is 3.31. The number of allylic oxidation sites excluding steroid dienone is 1. The maximum Gasteiger partial charge on any atom is 0.0737 e. The van der Waals surface area contributed by atoms with Crippen LogP contribution in [0.25, 0.3) is 0 Å². The Morgan fingerprint density at radius 3 is 2.64 bits per heavy atom. The third-order valence-corrected chi connectivity index (χ3v) is 8.53. The van der Waals surface area contributed by atoms with Crippen molar-refractivity contribution in [2.45, 2.75) is 38.8 Å². The quantitative estimate of drug-likeness (QED) is 0.555. The fourth-order valence-corrected chi connectivity index (χ4v) is 6.00. The van der Waals surface area contributed by atoms with Gasteiger partial charge in [-0.2, -0.15) is 0 Å². The summed E-state index contributed by atoms with van der Waals surface area (Å²) in [5, 5.41) is 1.50. The summed E-state index contributed by atoms with van der Waals surface area (Å²) in [4.78, 5) is 0. The monoisotopic (exact) mass is 171 g/mol. The molecule has 0 N–H and O–H groups in total. The van der Waals surface area contributed by atoms with Gasteiger partial charge < -0.3 is 0 Å². The lowest BCUT2D eigenvalue weighted by Gasteiger charge is -2.23. The highest BCUT2D eigenvalue weighted by atomic mass is 31.2. The fraction of sp³-hybridized carbons (Fsp3) is 0.800. The minimum atomic E-state index is -0.697. The number of rotatable bonds is 2. The Kier molecular flexibility index (Phi) is 2.75. The predicted molar refractivity (Wildman–Crippen MR) is 55.8 cm³/mol. The van der Waals surface area contributed by atoms with Gasteiger partial charge in [-0.25, -0.2) is 0 Å². The largest absolute Gasteiger partial charge is 0.0737 e. The Hall–Kier alpha value is 0.170. The molecular formula is C10H20P+. The molecule has 0 amide bonds. The molecule has 1 fully saturated rings. The van der Waals surface area contributed by atoms with Crippen LogP contribution in [0, 0.1) is 0 Å². The molecule has 0 aromatic rings. The molecule has 1 aliphatic rings. The lowest BCUT2D eigenvalue weighted by molar-refractivity contribution is 0.754. The first-order valence-electron chi connectivity index (χ1n) is 4.62. The molecule has 11 heavy (non-hydrogen) atoms. The van der Waals surface area contributed by atoms with Crippen LogP contribution in [-0.2, 0) is 0 Å². The zero-order chi connectivity index (χ0) is 8.48. The van der Waals surface area contributed by atoms with Gasteiger partial charge in [0.25, 0.3) is 0 Å². The molecule has 0 spiro atoms. The molecule has 0 nitrogen and oxygen atoms in total. The summed E-state index contributed by atoms with van der Waals surface area (Å²) < 4.78 is 0. The molecule has 1 saturated heterocycles. The van der Waals surface area contributed by atoms with Crippen LogP contribution in [0.15, 0.2) is 11.9 Å². The highest BCUT2D eigenvalue weighted by Gasteiger charge is 2.45. The van der Waals surface area contributed by atoms with Crippen molar-refractivity contribution in [2.75, 3.05) is 12.8 Å². The van der Waals surface area contributed by atoms with E-state index in [1.54, 1.807) is 0 Å². The summed E-state index contributed by atoms with van der Waals surface area (Å²) in [6, 6.07) is 0. The summed E-state index contributed by atoms with van der Waals surface area (Å²) in [6.07, 6.45) is 5.77. The molecule has 1 heteroatoms. The smallest absolute Gasteiger partial charge is 0.0616 e. The van der Waals surface area contributed by atoms with Crippen LogP contribution < -0.4 is 0 Å². The van der Waals surface area contributed by atoms with Gasteiger partial charge in [-0.3, -0.25) is 0 Å². The van der Waals surface area contributed by atoms with Gasteiger partial charge in [-0.15, -0.1) is 0 Å². The molecule has 1 heterocycles. The van der Waals surface area contributed by atoms with E-state index in [0.717, 1.165) is 5.66 Å². The van der Waals surface area contributed by atoms with Crippen LogP contribution in [0.5, 0.6) is 0 Å². The minimum absolute atomic E-state index is 0.697. The van der Waals surface area contributed by atoms with E-state index >= 15 is 0 Å². The maximum absolute atomic E-state index is 4.16. The van der Waals surface area contributed by atoms with E-state index in [9.17, 15) is 0 Å². The molecule has 1 rings (SSSR count). The van der Waals surface area contributed by atoms with Crippen molar-refractivity contribution in [2.24, 2.45) is 0 Å². The van der Waals surface area contributed by atoms with Crippen LogP contribution in [0.2, 0.25) is 0 Å². The van der Waals surface area contributed by atoms with E-state index in [2.05, 4.69) is 27.1 Å². The standard InChI is InChI=1S/C10H20P/c1-5-10-7-6-8-11(10,4)9(2)3/h10H,2,5-8H2,1,3-4H3/q+1/t10-,11?/m1/s1. The molecular weight excluding hydrogens is 151 g/mol. The lowest BCUT2D eigenvalue weighted by Crippen LogP contribution is -2.06. The molecule has 0 aromatic heterocycles. The zero-order valence-corrected chi connectivity index (χ0v) is 8.95. The Morgan fingerprint density at radius 1 is 1.64 bits per heavy atom. The molecule has 2 atom stereocenters. The van der Waals surface area contributed by atoms with Gasteiger partial charge in [-0.1, -0.05) is 13.5 Å². The van der Waals surface area contributed by atoms with Crippen LogP contribution in [-0.4, -0.2) is 18.5 Å². The van der Waals surface area contributed by atoms with Crippen molar-refractivity contribution < 1.29 is 0 Å². The van der Waals surface area contributed by atoms with E-state index in [0.29, 0.717) is 0 Å². The van der Waals surface area contributed by atoms with E-state index < -0.39 is 7.26 Å². The van der Waals surface area contributed by atoms with E-state index in [4.69, 9.17) is 0 Å². The Bertz CT molecular complexity index is 162. The SMILES string of the molecule is C=C(C)[P+]1(C)CCC[C@H]1CC. The molecule has 1 unspecified atom stereocenters. The molecule has 64 valence electrons. The second kappa shape index (κ2) is 3.27. The molecule has 0 saturated carbocycles. The predicted octanol–water partition coefficient (Wildman–Crippen LogP) is 3.74. The number of hydrogen-bond donors (Lipinski definition) is 0. The fourth-order valence-electron chi connectivity index (χ4n) is 2.23. The molecule has 0 aromatic carbocycles. The molecule has 0 bridgehead atoms. The summed E-state index contributed by atoms with van der Waals surface area (Å²) in [5.41, 5.74) is 1.01. The van der Waals surface area contributed by atoms with Gasteiger partial charge in [0, 0.05) is 7.26 Å². The molecule has 0 aliphatic carbocycles. The summed E-state index contributed by atoms with van der Waals surface area (Å²) in [7, 11) is -0.697. The normalized spacial score (nSPS) is 37.5. The lowest BCUT2D eigenvalue weighted by atomic mass is 10.2. The van der Waals surface area contributed by atoms with E-state index in [1.807, 2.05) is 0 Å².